The molecule has 0 aromatic heterocycles. The van der Waals surface area contributed by atoms with E-state index in [-0.39, 0.29) is 12.1 Å². The lowest BCUT2D eigenvalue weighted by atomic mass is 9.92. The number of piperidine rings is 1. The fraction of sp³-hybridized carbons (Fsp3) is 0.833. The molecule has 1 heterocycles. The van der Waals surface area contributed by atoms with E-state index in [0.29, 0.717) is 0 Å². The maximum atomic E-state index is 11.9. The lowest BCUT2D eigenvalue weighted by Crippen LogP contribution is -2.57. The minimum absolute atomic E-state index is 0.257. The van der Waals surface area contributed by atoms with Crippen molar-refractivity contribution in [2.24, 2.45) is 5.41 Å². The van der Waals surface area contributed by atoms with E-state index in [1.54, 1.807) is 0 Å². The maximum Gasteiger partial charge on any atom is 0.318 e. The van der Waals surface area contributed by atoms with Crippen LogP contribution in [0.3, 0.4) is 0 Å². The van der Waals surface area contributed by atoms with Crippen molar-refractivity contribution < 1.29 is 14.7 Å². The van der Waals surface area contributed by atoms with Gasteiger partial charge in [0.15, 0.2) is 0 Å². The molecule has 1 saturated heterocycles. The van der Waals surface area contributed by atoms with Gasteiger partial charge in [0.1, 0.15) is 5.41 Å². The number of carboxylic acids is 1. The maximum absolute atomic E-state index is 11.9. The predicted octanol–water partition coefficient (Wildman–Crippen LogP) is 1.39. The Bertz CT molecular complexity index is 305. The highest BCUT2D eigenvalue weighted by molar-refractivity contribution is 6.00. The number of amides is 1. The number of hydrogen-bond acceptors (Lipinski definition) is 3. The summed E-state index contributed by atoms with van der Waals surface area (Å²) in [5, 5.41) is 10.9. The predicted molar refractivity (Wildman–Crippen MR) is 64.2 cm³/mol. The summed E-state index contributed by atoms with van der Waals surface area (Å²) in [6.45, 7) is 6.93. The number of carbonyl (C=O) groups excluding carboxylic acids is 1. The molecule has 0 bridgehead atoms. The van der Waals surface area contributed by atoms with Crippen LogP contribution in [-0.2, 0) is 9.59 Å². The first kappa shape index (κ1) is 14.0. The zero-order chi connectivity index (χ0) is 13.2. The lowest BCUT2D eigenvalue weighted by Gasteiger charge is -2.39. The molecule has 0 aliphatic carbocycles. The molecule has 5 nitrogen and oxygen atoms in total. The monoisotopic (exact) mass is 242 g/mol. The first-order chi connectivity index (χ1) is 7.76. The third-order valence-electron chi connectivity index (χ3n) is 3.53. The van der Waals surface area contributed by atoms with Gasteiger partial charge >= 0.3 is 5.97 Å². The van der Waals surface area contributed by atoms with Crippen LogP contribution in [0.5, 0.6) is 0 Å². The molecule has 1 rings (SSSR count). The highest BCUT2D eigenvalue weighted by atomic mass is 16.4. The molecule has 1 amide bonds. The van der Waals surface area contributed by atoms with Crippen LogP contribution in [0.15, 0.2) is 0 Å². The fourth-order valence-corrected chi connectivity index (χ4v) is 2.00. The molecule has 98 valence electrons. The first-order valence-corrected chi connectivity index (χ1v) is 6.09. The Morgan fingerprint density at radius 3 is 2.12 bits per heavy atom. The second-order valence-corrected chi connectivity index (χ2v) is 5.41. The van der Waals surface area contributed by atoms with E-state index < -0.39 is 17.3 Å². The summed E-state index contributed by atoms with van der Waals surface area (Å²) >= 11 is 0. The van der Waals surface area contributed by atoms with Crippen molar-refractivity contribution in [2.45, 2.75) is 59.0 Å². The number of rotatable bonds is 3. The number of carboxylic acid groups (broad SMARTS) is 1. The van der Waals surface area contributed by atoms with Gasteiger partial charge in [0.25, 0.3) is 5.91 Å². The minimum atomic E-state index is -1.39. The van der Waals surface area contributed by atoms with Gasteiger partial charge in [-0.15, -0.1) is 0 Å². The van der Waals surface area contributed by atoms with Crippen molar-refractivity contribution in [3.63, 3.8) is 0 Å². The number of hydrazine groups is 1. The normalized spacial score (nSPS) is 26.6. The summed E-state index contributed by atoms with van der Waals surface area (Å²) in [6.07, 6.45) is 3.20. The van der Waals surface area contributed by atoms with Gasteiger partial charge in [0.05, 0.1) is 0 Å². The van der Waals surface area contributed by atoms with Crippen LogP contribution in [0.1, 0.15) is 47.0 Å². The molecule has 0 spiro atoms. The number of nitrogens with zero attached hydrogens (tertiary/aromatic N) is 1. The van der Waals surface area contributed by atoms with Crippen molar-refractivity contribution in [3.05, 3.63) is 0 Å². The second-order valence-electron chi connectivity index (χ2n) is 5.41. The van der Waals surface area contributed by atoms with Crippen molar-refractivity contribution in [1.82, 2.24) is 10.4 Å². The van der Waals surface area contributed by atoms with E-state index in [2.05, 4.69) is 5.43 Å². The van der Waals surface area contributed by atoms with Gasteiger partial charge in [0, 0.05) is 12.1 Å². The van der Waals surface area contributed by atoms with Gasteiger partial charge in [-0.05, 0) is 40.5 Å². The van der Waals surface area contributed by atoms with Crippen LogP contribution >= 0.6 is 0 Å². The van der Waals surface area contributed by atoms with Crippen LogP contribution in [0.2, 0.25) is 0 Å². The molecule has 1 aliphatic heterocycles. The summed E-state index contributed by atoms with van der Waals surface area (Å²) in [5.41, 5.74) is 1.36. The highest BCUT2D eigenvalue weighted by Crippen LogP contribution is 2.22. The number of carbonyl (C=O) groups is 2. The van der Waals surface area contributed by atoms with Crippen molar-refractivity contribution in [3.8, 4) is 0 Å². The Balaban J connectivity index is 2.70. The molecule has 0 radical (unpaired) electrons. The summed E-state index contributed by atoms with van der Waals surface area (Å²) in [7, 11) is 0. The van der Waals surface area contributed by atoms with Gasteiger partial charge < -0.3 is 5.11 Å². The van der Waals surface area contributed by atoms with Gasteiger partial charge in [-0.3, -0.25) is 15.0 Å². The molecule has 0 aromatic carbocycles. The molecule has 0 aromatic rings. The number of nitrogens with one attached hydrogen (secondary N) is 1. The highest BCUT2D eigenvalue weighted by Gasteiger charge is 2.38. The first-order valence-electron chi connectivity index (χ1n) is 6.09. The quantitative estimate of drug-likeness (QED) is 0.734. The molecule has 5 heteroatoms. The summed E-state index contributed by atoms with van der Waals surface area (Å²) < 4.78 is 0. The Kier molecular flexibility index (Phi) is 4.14. The molecule has 1 fully saturated rings. The van der Waals surface area contributed by atoms with E-state index in [1.807, 2.05) is 18.9 Å². The minimum Gasteiger partial charge on any atom is -0.480 e. The Hall–Kier alpha value is -1.10. The molecule has 0 saturated carbocycles. The van der Waals surface area contributed by atoms with Crippen molar-refractivity contribution in [1.29, 1.82) is 0 Å². The van der Waals surface area contributed by atoms with E-state index in [0.717, 1.165) is 19.3 Å². The van der Waals surface area contributed by atoms with Crippen LogP contribution in [0, 0.1) is 5.41 Å². The average Bonchev–Trinajstić information content (AvgIpc) is 2.23. The largest absolute Gasteiger partial charge is 0.480 e. The Labute approximate surface area is 102 Å². The van der Waals surface area contributed by atoms with Crippen LogP contribution < -0.4 is 5.43 Å². The van der Waals surface area contributed by atoms with E-state index in [9.17, 15) is 9.59 Å². The Morgan fingerprint density at radius 2 is 1.71 bits per heavy atom. The standard InChI is InChI=1S/C12H22N2O3/c1-8-6-5-7-9(2)14(8)13-10(15)12(3,4)11(16)17/h8-9H,5-7H2,1-4H3,(H,13,15)(H,16,17). The van der Waals surface area contributed by atoms with Crippen LogP contribution in [0.25, 0.3) is 0 Å². The van der Waals surface area contributed by atoms with E-state index >= 15 is 0 Å². The SMILES string of the molecule is CC1CCCC(C)N1NC(=O)C(C)(C)C(=O)O. The third kappa shape index (κ3) is 2.97. The van der Waals surface area contributed by atoms with Gasteiger partial charge in [-0.1, -0.05) is 6.42 Å². The zero-order valence-electron chi connectivity index (χ0n) is 11.0. The summed E-state index contributed by atoms with van der Waals surface area (Å²) in [6, 6.07) is 0.514. The average molecular weight is 242 g/mol. The van der Waals surface area contributed by atoms with Crippen LogP contribution in [-0.4, -0.2) is 34.1 Å². The van der Waals surface area contributed by atoms with E-state index in [4.69, 9.17) is 5.11 Å². The third-order valence-corrected chi connectivity index (χ3v) is 3.53. The van der Waals surface area contributed by atoms with Crippen LogP contribution in [0.4, 0.5) is 0 Å². The summed E-state index contributed by atoms with van der Waals surface area (Å²) in [4.78, 5) is 22.9. The molecule has 17 heavy (non-hydrogen) atoms. The molecular formula is C12H22N2O3. The van der Waals surface area contributed by atoms with Gasteiger partial charge in [0.2, 0.25) is 0 Å². The van der Waals surface area contributed by atoms with Crippen molar-refractivity contribution >= 4 is 11.9 Å². The van der Waals surface area contributed by atoms with E-state index in [1.165, 1.54) is 13.8 Å². The number of hydrogen-bond donors (Lipinski definition) is 2. The van der Waals surface area contributed by atoms with Gasteiger partial charge in [-0.25, -0.2) is 5.01 Å². The fourth-order valence-electron chi connectivity index (χ4n) is 2.00. The molecule has 2 N–H and O–H groups in total. The molecular weight excluding hydrogens is 220 g/mol. The summed E-state index contributed by atoms with van der Waals surface area (Å²) in [5.74, 6) is -1.56. The van der Waals surface area contributed by atoms with Gasteiger partial charge in [-0.2, -0.15) is 0 Å². The van der Waals surface area contributed by atoms with Crippen molar-refractivity contribution in [2.75, 3.05) is 0 Å². The molecule has 1 aliphatic rings. The molecule has 2 unspecified atom stereocenters. The zero-order valence-corrected chi connectivity index (χ0v) is 11.0. The number of aliphatic carboxylic acids is 1. The molecule has 2 atom stereocenters. The Morgan fingerprint density at radius 1 is 1.24 bits per heavy atom. The lowest BCUT2D eigenvalue weighted by molar-refractivity contribution is -0.156. The smallest absolute Gasteiger partial charge is 0.318 e. The second kappa shape index (κ2) is 5.04. The topological polar surface area (TPSA) is 69.6 Å².